The van der Waals surface area contributed by atoms with Crippen molar-refractivity contribution in [1.29, 1.82) is 0 Å². The lowest BCUT2D eigenvalue weighted by Gasteiger charge is -2.09. The number of rotatable bonds is 4. The minimum Gasteiger partial charge on any atom is -0.383 e. The molecule has 3 aromatic rings. The highest BCUT2D eigenvalue weighted by atomic mass is 35.5. The van der Waals surface area contributed by atoms with Crippen molar-refractivity contribution < 1.29 is 9.18 Å². The number of nitrogens with zero attached hydrogens (tertiary/aromatic N) is 3. The van der Waals surface area contributed by atoms with E-state index in [4.69, 9.17) is 23.1 Å². The zero-order chi connectivity index (χ0) is 18.1. The normalized spacial score (nSPS) is 12.1. The Bertz CT molecular complexity index is 939. The van der Waals surface area contributed by atoms with Gasteiger partial charge < -0.3 is 11.5 Å². The Morgan fingerprint density at radius 1 is 1.28 bits per heavy atom. The molecule has 1 aromatic carbocycles. The van der Waals surface area contributed by atoms with Crippen LogP contribution in [0.4, 0.5) is 10.2 Å². The van der Waals surface area contributed by atoms with Crippen LogP contribution in [0.15, 0.2) is 42.6 Å². The highest BCUT2D eigenvalue weighted by Gasteiger charge is 2.27. The van der Waals surface area contributed by atoms with Crippen molar-refractivity contribution in [2.45, 2.75) is 12.8 Å². The first-order chi connectivity index (χ1) is 11.9. The topological polar surface area (TPSA) is 99.8 Å². The SMILES string of the molecule is CC(c1ccc(Cl)cn1)c1nn(-c2ccccc2F)c(N)c1C(N)=O. The standard InChI is InChI=1S/C17H15ClFN5O/c1-9(12-7-6-10(18)8-22-12)15-14(17(21)25)16(20)24(23-15)13-5-3-2-4-11(13)19/h2-9H,20H2,1H3,(H2,21,25). The molecular weight excluding hydrogens is 345 g/mol. The zero-order valence-electron chi connectivity index (χ0n) is 13.3. The lowest BCUT2D eigenvalue weighted by molar-refractivity contribution is 0.1000. The van der Waals surface area contributed by atoms with Crippen molar-refractivity contribution in [1.82, 2.24) is 14.8 Å². The molecule has 0 radical (unpaired) electrons. The van der Waals surface area contributed by atoms with Crippen LogP contribution in [0.5, 0.6) is 0 Å². The van der Waals surface area contributed by atoms with Crippen molar-refractivity contribution in [3.63, 3.8) is 0 Å². The lowest BCUT2D eigenvalue weighted by atomic mass is 9.99. The molecule has 2 aromatic heterocycles. The van der Waals surface area contributed by atoms with Crippen molar-refractivity contribution in [2.75, 3.05) is 5.73 Å². The highest BCUT2D eigenvalue weighted by Crippen LogP contribution is 2.30. The summed E-state index contributed by atoms with van der Waals surface area (Å²) in [6, 6.07) is 9.39. The van der Waals surface area contributed by atoms with Crippen LogP contribution in [0.1, 0.15) is 34.6 Å². The molecule has 0 aliphatic carbocycles. The maximum Gasteiger partial charge on any atom is 0.254 e. The molecule has 128 valence electrons. The van der Waals surface area contributed by atoms with E-state index in [9.17, 15) is 9.18 Å². The van der Waals surface area contributed by atoms with Gasteiger partial charge >= 0.3 is 0 Å². The number of primary amides is 1. The Kier molecular flexibility index (Phi) is 4.41. The molecule has 0 spiro atoms. The van der Waals surface area contributed by atoms with E-state index in [1.807, 2.05) is 0 Å². The first-order valence-electron chi connectivity index (χ1n) is 7.44. The molecule has 0 saturated heterocycles. The van der Waals surface area contributed by atoms with E-state index in [0.29, 0.717) is 16.4 Å². The van der Waals surface area contributed by atoms with Gasteiger partial charge in [0.15, 0.2) is 0 Å². The second kappa shape index (κ2) is 6.52. The smallest absolute Gasteiger partial charge is 0.254 e. The number of nitrogens with two attached hydrogens (primary N) is 2. The van der Waals surface area contributed by atoms with Gasteiger partial charge in [-0.05, 0) is 24.3 Å². The average Bonchev–Trinajstić information content (AvgIpc) is 2.93. The fraction of sp³-hybridized carbons (Fsp3) is 0.118. The third-order valence-corrected chi connectivity index (χ3v) is 4.10. The third-order valence-electron chi connectivity index (χ3n) is 3.88. The molecule has 25 heavy (non-hydrogen) atoms. The van der Waals surface area contributed by atoms with Crippen LogP contribution in [-0.2, 0) is 0 Å². The van der Waals surface area contributed by atoms with Crippen molar-refractivity contribution in [2.24, 2.45) is 5.73 Å². The molecule has 6 nitrogen and oxygen atoms in total. The second-order valence-electron chi connectivity index (χ2n) is 5.50. The van der Waals surface area contributed by atoms with E-state index in [2.05, 4.69) is 10.1 Å². The number of aromatic nitrogens is 3. The van der Waals surface area contributed by atoms with Crippen LogP contribution in [0.25, 0.3) is 5.69 Å². The lowest BCUT2D eigenvalue weighted by Crippen LogP contribution is -2.16. The Labute approximate surface area is 148 Å². The van der Waals surface area contributed by atoms with Crippen LogP contribution < -0.4 is 11.5 Å². The molecule has 1 amide bonds. The van der Waals surface area contributed by atoms with E-state index >= 15 is 0 Å². The third kappa shape index (κ3) is 3.06. The number of para-hydroxylation sites is 1. The summed E-state index contributed by atoms with van der Waals surface area (Å²) in [7, 11) is 0. The number of anilines is 1. The van der Waals surface area contributed by atoms with Gasteiger partial charge in [0.2, 0.25) is 0 Å². The van der Waals surface area contributed by atoms with Gasteiger partial charge in [-0.3, -0.25) is 9.78 Å². The van der Waals surface area contributed by atoms with E-state index in [-0.39, 0.29) is 17.1 Å². The minimum atomic E-state index is -0.740. The van der Waals surface area contributed by atoms with Gasteiger partial charge in [0.05, 0.1) is 10.7 Å². The minimum absolute atomic E-state index is 0.0200. The summed E-state index contributed by atoms with van der Waals surface area (Å²) in [5.74, 6) is -1.67. The van der Waals surface area contributed by atoms with E-state index in [0.717, 1.165) is 0 Å². The number of benzene rings is 1. The first kappa shape index (κ1) is 16.9. The first-order valence-corrected chi connectivity index (χ1v) is 7.82. The molecule has 1 unspecified atom stereocenters. The molecule has 8 heteroatoms. The summed E-state index contributed by atoms with van der Waals surface area (Å²) in [6.07, 6.45) is 1.49. The predicted molar refractivity (Wildman–Crippen MR) is 93.2 cm³/mol. The average molecular weight is 360 g/mol. The van der Waals surface area contributed by atoms with Gasteiger partial charge in [-0.2, -0.15) is 5.10 Å². The molecular formula is C17H15ClFN5O. The molecule has 2 heterocycles. The number of hydrogen-bond donors (Lipinski definition) is 2. The van der Waals surface area contributed by atoms with Crippen molar-refractivity contribution in [3.05, 3.63) is 70.4 Å². The fourth-order valence-corrected chi connectivity index (χ4v) is 2.71. The van der Waals surface area contributed by atoms with Gasteiger partial charge in [-0.25, -0.2) is 9.07 Å². The van der Waals surface area contributed by atoms with Crippen LogP contribution in [0, 0.1) is 5.82 Å². The van der Waals surface area contributed by atoms with Crippen molar-refractivity contribution in [3.8, 4) is 5.69 Å². The predicted octanol–water partition coefficient (Wildman–Crippen LogP) is 2.89. The summed E-state index contributed by atoms with van der Waals surface area (Å²) in [6.45, 7) is 1.80. The molecule has 0 aliphatic heterocycles. The number of hydrogen-bond acceptors (Lipinski definition) is 4. The van der Waals surface area contributed by atoms with Crippen LogP contribution >= 0.6 is 11.6 Å². The summed E-state index contributed by atoms with van der Waals surface area (Å²) in [5.41, 5.74) is 12.6. The van der Waals surface area contributed by atoms with E-state index in [1.165, 1.54) is 23.0 Å². The number of nitrogen functional groups attached to an aromatic ring is 1. The maximum atomic E-state index is 14.1. The number of pyridine rings is 1. The maximum absolute atomic E-state index is 14.1. The zero-order valence-corrected chi connectivity index (χ0v) is 14.0. The number of carbonyl (C=O) groups is 1. The summed E-state index contributed by atoms with van der Waals surface area (Å²) < 4.78 is 15.3. The second-order valence-corrected chi connectivity index (χ2v) is 5.93. The number of amides is 1. The Morgan fingerprint density at radius 3 is 2.60 bits per heavy atom. The Morgan fingerprint density at radius 2 is 2.00 bits per heavy atom. The fourth-order valence-electron chi connectivity index (χ4n) is 2.59. The van der Waals surface area contributed by atoms with Crippen LogP contribution in [-0.4, -0.2) is 20.7 Å². The van der Waals surface area contributed by atoms with Gasteiger partial charge in [-0.1, -0.05) is 30.7 Å². The number of halogens is 2. The largest absolute Gasteiger partial charge is 0.383 e. The molecule has 0 bridgehead atoms. The highest BCUT2D eigenvalue weighted by molar-refractivity contribution is 6.30. The van der Waals surface area contributed by atoms with Crippen molar-refractivity contribution >= 4 is 23.3 Å². The molecule has 1 atom stereocenters. The monoisotopic (exact) mass is 359 g/mol. The van der Waals surface area contributed by atoms with Crippen LogP contribution in [0.2, 0.25) is 5.02 Å². The van der Waals surface area contributed by atoms with Gasteiger partial charge in [0.25, 0.3) is 5.91 Å². The molecule has 0 aliphatic rings. The van der Waals surface area contributed by atoms with Gasteiger partial charge in [0.1, 0.15) is 22.9 Å². The quantitative estimate of drug-likeness (QED) is 0.748. The van der Waals surface area contributed by atoms with Gasteiger partial charge in [-0.15, -0.1) is 0 Å². The molecule has 0 fully saturated rings. The summed E-state index contributed by atoms with van der Waals surface area (Å²) >= 11 is 5.85. The molecule has 3 rings (SSSR count). The van der Waals surface area contributed by atoms with E-state index < -0.39 is 17.6 Å². The summed E-state index contributed by atoms with van der Waals surface area (Å²) in [4.78, 5) is 16.2. The molecule has 0 saturated carbocycles. The van der Waals surface area contributed by atoms with E-state index in [1.54, 1.807) is 31.2 Å². The Balaban J connectivity index is 2.17. The molecule has 4 N–H and O–H groups in total. The Hall–Kier alpha value is -2.93. The number of carbonyl (C=O) groups excluding carboxylic acids is 1. The van der Waals surface area contributed by atoms with Gasteiger partial charge in [0, 0.05) is 17.8 Å². The summed E-state index contributed by atoms with van der Waals surface area (Å²) in [5, 5.41) is 4.83. The van der Waals surface area contributed by atoms with Crippen LogP contribution in [0.3, 0.4) is 0 Å².